The smallest absolute Gasteiger partial charge is 0.342 e. The van der Waals surface area contributed by atoms with E-state index in [1.165, 1.54) is 7.11 Å². The number of aliphatic hydroxyl groups is 1. The van der Waals surface area contributed by atoms with Crippen LogP contribution in [0.2, 0.25) is 0 Å². The highest BCUT2D eigenvalue weighted by molar-refractivity contribution is 5.93. The Balaban J connectivity index is 3.22. The molecule has 8 nitrogen and oxygen atoms in total. The standard InChI is InChI=1S/C13H17NO7/c1-4-13(2,17)7-21-11-6-9(14(18)19)8(12(15)16)5-10(11)20-3/h5-6,17H,4,7H2,1-3H3,(H,15,16). The predicted molar refractivity (Wildman–Crippen MR) is 73.0 cm³/mol. The highest BCUT2D eigenvalue weighted by Gasteiger charge is 2.26. The number of carboxylic acids is 1. The van der Waals surface area contributed by atoms with E-state index in [-0.39, 0.29) is 18.1 Å². The summed E-state index contributed by atoms with van der Waals surface area (Å²) in [5, 5.41) is 29.8. The van der Waals surface area contributed by atoms with E-state index in [1.54, 1.807) is 13.8 Å². The van der Waals surface area contributed by atoms with Crippen LogP contribution >= 0.6 is 0 Å². The normalized spacial score (nSPS) is 13.3. The Labute approximate surface area is 121 Å². The maximum absolute atomic E-state index is 11.0. The van der Waals surface area contributed by atoms with Gasteiger partial charge in [0.1, 0.15) is 12.2 Å². The third-order valence-corrected chi connectivity index (χ3v) is 3.01. The predicted octanol–water partition coefficient (Wildman–Crippen LogP) is 1.84. The second-order valence-corrected chi connectivity index (χ2v) is 4.72. The molecule has 0 fully saturated rings. The van der Waals surface area contributed by atoms with Crippen LogP contribution in [0.4, 0.5) is 5.69 Å². The Kier molecular flexibility index (Phi) is 5.09. The minimum absolute atomic E-state index is 0.00271. The maximum atomic E-state index is 11.0. The lowest BCUT2D eigenvalue weighted by atomic mass is 10.1. The van der Waals surface area contributed by atoms with Crippen LogP contribution in [0.1, 0.15) is 30.6 Å². The van der Waals surface area contributed by atoms with Crippen LogP contribution in [0.3, 0.4) is 0 Å². The molecule has 0 bridgehead atoms. The minimum Gasteiger partial charge on any atom is -0.493 e. The number of hydrogen-bond donors (Lipinski definition) is 2. The molecule has 0 aliphatic carbocycles. The molecule has 21 heavy (non-hydrogen) atoms. The summed E-state index contributed by atoms with van der Waals surface area (Å²) in [5.41, 5.74) is -2.20. The third kappa shape index (κ3) is 4.06. The topological polar surface area (TPSA) is 119 Å². The highest BCUT2D eigenvalue weighted by Crippen LogP contribution is 2.35. The fourth-order valence-corrected chi connectivity index (χ4v) is 1.48. The van der Waals surface area contributed by atoms with Gasteiger partial charge in [0.2, 0.25) is 0 Å². The van der Waals surface area contributed by atoms with E-state index in [1.807, 2.05) is 0 Å². The van der Waals surface area contributed by atoms with Crippen LogP contribution in [0.15, 0.2) is 12.1 Å². The first kappa shape index (κ1) is 16.7. The number of rotatable bonds is 7. The van der Waals surface area contributed by atoms with Gasteiger partial charge in [0.25, 0.3) is 5.69 Å². The van der Waals surface area contributed by atoms with Gasteiger partial charge in [-0.15, -0.1) is 0 Å². The number of benzene rings is 1. The molecular weight excluding hydrogens is 282 g/mol. The van der Waals surface area contributed by atoms with E-state index in [0.717, 1.165) is 12.1 Å². The number of nitro groups is 1. The molecule has 0 saturated heterocycles. The van der Waals surface area contributed by atoms with Crippen LogP contribution in [-0.2, 0) is 0 Å². The molecule has 0 aromatic heterocycles. The lowest BCUT2D eigenvalue weighted by molar-refractivity contribution is -0.385. The Morgan fingerprint density at radius 2 is 2.05 bits per heavy atom. The van der Waals surface area contributed by atoms with Gasteiger partial charge in [0, 0.05) is 6.07 Å². The molecule has 1 aromatic carbocycles. The molecule has 1 rings (SSSR count). The summed E-state index contributed by atoms with van der Waals surface area (Å²) >= 11 is 0. The van der Waals surface area contributed by atoms with Crippen molar-refractivity contribution in [1.29, 1.82) is 0 Å². The summed E-state index contributed by atoms with van der Waals surface area (Å²) < 4.78 is 10.3. The maximum Gasteiger partial charge on any atom is 0.342 e. The van der Waals surface area contributed by atoms with Gasteiger partial charge in [-0.1, -0.05) is 6.92 Å². The zero-order chi connectivity index (χ0) is 16.2. The molecular formula is C13H17NO7. The third-order valence-electron chi connectivity index (χ3n) is 3.01. The van der Waals surface area contributed by atoms with Gasteiger partial charge >= 0.3 is 5.97 Å². The van der Waals surface area contributed by atoms with Gasteiger partial charge in [-0.05, 0) is 13.3 Å². The number of nitrogens with zero attached hydrogens (tertiary/aromatic N) is 1. The average Bonchev–Trinajstić information content (AvgIpc) is 2.43. The van der Waals surface area contributed by atoms with Crippen molar-refractivity contribution >= 4 is 11.7 Å². The van der Waals surface area contributed by atoms with Crippen molar-refractivity contribution in [2.24, 2.45) is 0 Å². The van der Waals surface area contributed by atoms with E-state index in [2.05, 4.69) is 0 Å². The van der Waals surface area contributed by atoms with Crippen LogP contribution in [0.25, 0.3) is 0 Å². The van der Waals surface area contributed by atoms with Gasteiger partial charge in [-0.2, -0.15) is 0 Å². The monoisotopic (exact) mass is 299 g/mol. The largest absolute Gasteiger partial charge is 0.493 e. The Hall–Kier alpha value is -2.35. The molecule has 0 aliphatic rings. The zero-order valence-corrected chi connectivity index (χ0v) is 12.0. The minimum atomic E-state index is -1.44. The van der Waals surface area contributed by atoms with Gasteiger partial charge in [-0.25, -0.2) is 4.79 Å². The molecule has 0 aliphatic heterocycles. The van der Waals surface area contributed by atoms with E-state index in [0.29, 0.717) is 6.42 Å². The quantitative estimate of drug-likeness (QED) is 0.582. The van der Waals surface area contributed by atoms with Gasteiger partial charge < -0.3 is 19.7 Å². The summed E-state index contributed by atoms with van der Waals surface area (Å²) in [5.74, 6) is -1.39. The van der Waals surface area contributed by atoms with Crippen molar-refractivity contribution in [1.82, 2.24) is 0 Å². The van der Waals surface area contributed by atoms with Crippen LogP contribution in [0, 0.1) is 10.1 Å². The molecule has 0 saturated carbocycles. The van der Waals surface area contributed by atoms with Crippen molar-refractivity contribution in [3.05, 3.63) is 27.8 Å². The molecule has 116 valence electrons. The first-order chi connectivity index (χ1) is 9.71. The average molecular weight is 299 g/mol. The molecule has 0 heterocycles. The Bertz CT molecular complexity index is 554. The van der Waals surface area contributed by atoms with Crippen LogP contribution in [-0.4, -0.2) is 40.4 Å². The van der Waals surface area contributed by atoms with E-state index in [9.17, 15) is 20.0 Å². The fraction of sp³-hybridized carbons (Fsp3) is 0.462. The van der Waals surface area contributed by atoms with Crippen LogP contribution < -0.4 is 9.47 Å². The summed E-state index contributed by atoms with van der Waals surface area (Å²) in [6, 6.07) is 2.00. The SMILES string of the molecule is CCC(C)(O)COc1cc([N+](=O)[O-])c(C(=O)O)cc1OC. The van der Waals surface area contributed by atoms with Gasteiger partial charge in [-0.3, -0.25) is 10.1 Å². The second-order valence-electron chi connectivity index (χ2n) is 4.72. The number of ether oxygens (including phenoxy) is 2. The number of carboxylic acid groups (broad SMARTS) is 1. The van der Waals surface area contributed by atoms with Crippen molar-refractivity contribution in [2.75, 3.05) is 13.7 Å². The van der Waals surface area contributed by atoms with Crippen molar-refractivity contribution in [2.45, 2.75) is 25.9 Å². The summed E-state index contributed by atoms with van der Waals surface area (Å²) in [7, 11) is 1.29. The van der Waals surface area contributed by atoms with Gasteiger partial charge in [0.15, 0.2) is 11.5 Å². The second kappa shape index (κ2) is 6.40. The molecule has 0 radical (unpaired) electrons. The molecule has 0 amide bonds. The summed E-state index contributed by atoms with van der Waals surface area (Å²) in [6.45, 7) is 3.21. The van der Waals surface area contributed by atoms with E-state index in [4.69, 9.17) is 14.6 Å². The Morgan fingerprint density at radius 1 is 1.43 bits per heavy atom. The Morgan fingerprint density at radius 3 is 2.48 bits per heavy atom. The van der Waals surface area contributed by atoms with Crippen molar-refractivity contribution in [3.8, 4) is 11.5 Å². The first-order valence-corrected chi connectivity index (χ1v) is 6.16. The van der Waals surface area contributed by atoms with Gasteiger partial charge in [0.05, 0.1) is 23.7 Å². The number of aromatic carboxylic acids is 1. The highest BCUT2D eigenvalue weighted by atomic mass is 16.6. The molecule has 8 heteroatoms. The lowest BCUT2D eigenvalue weighted by Crippen LogP contribution is -2.31. The number of nitro benzene ring substituents is 1. The first-order valence-electron chi connectivity index (χ1n) is 6.16. The number of methoxy groups -OCH3 is 1. The van der Waals surface area contributed by atoms with E-state index >= 15 is 0 Å². The summed E-state index contributed by atoms with van der Waals surface area (Å²) in [4.78, 5) is 21.1. The molecule has 0 spiro atoms. The molecule has 1 unspecified atom stereocenters. The molecule has 2 N–H and O–H groups in total. The zero-order valence-electron chi connectivity index (χ0n) is 12.0. The molecule has 1 atom stereocenters. The summed E-state index contributed by atoms with van der Waals surface area (Å²) in [6.07, 6.45) is 0.421. The number of carbonyl (C=O) groups is 1. The van der Waals surface area contributed by atoms with Crippen molar-refractivity contribution in [3.63, 3.8) is 0 Å². The number of hydrogen-bond acceptors (Lipinski definition) is 6. The fourth-order valence-electron chi connectivity index (χ4n) is 1.48. The lowest BCUT2D eigenvalue weighted by Gasteiger charge is -2.22. The van der Waals surface area contributed by atoms with Crippen LogP contribution in [0.5, 0.6) is 11.5 Å². The van der Waals surface area contributed by atoms with E-state index < -0.39 is 27.7 Å². The molecule has 1 aromatic rings. The van der Waals surface area contributed by atoms with Crippen molar-refractivity contribution < 1.29 is 29.4 Å².